The Morgan fingerprint density at radius 2 is 1.84 bits per heavy atom. The van der Waals surface area contributed by atoms with Crippen LogP contribution in [0.2, 0.25) is 0 Å². The zero-order valence-corrected chi connectivity index (χ0v) is 10.3. The van der Waals surface area contributed by atoms with Crippen molar-refractivity contribution in [3.05, 3.63) is 48.0 Å². The van der Waals surface area contributed by atoms with Crippen molar-refractivity contribution >= 4 is 33.4 Å². The lowest BCUT2D eigenvalue weighted by Crippen LogP contribution is -2.20. The Kier molecular flexibility index (Phi) is 2.09. The van der Waals surface area contributed by atoms with Crippen LogP contribution in [0.1, 0.15) is 12.0 Å². The molecule has 0 bridgehead atoms. The molecule has 0 spiro atoms. The second-order valence-corrected chi connectivity index (χ2v) is 4.90. The molecule has 4 rings (SSSR count). The summed E-state index contributed by atoms with van der Waals surface area (Å²) in [5, 5.41) is 6.30. The Hall–Kier alpha value is -2.42. The Morgan fingerprint density at radius 3 is 2.79 bits per heavy atom. The van der Waals surface area contributed by atoms with Gasteiger partial charge in [0.2, 0.25) is 5.91 Å². The van der Waals surface area contributed by atoms with Crippen LogP contribution in [0.15, 0.2) is 42.5 Å². The van der Waals surface area contributed by atoms with Crippen molar-refractivity contribution in [3.63, 3.8) is 0 Å². The van der Waals surface area contributed by atoms with Gasteiger partial charge in [0, 0.05) is 17.2 Å². The first-order valence-corrected chi connectivity index (χ1v) is 6.42. The molecule has 0 aliphatic carbocycles. The molecule has 0 unspecified atom stereocenters. The van der Waals surface area contributed by atoms with Gasteiger partial charge in [-0.3, -0.25) is 4.79 Å². The minimum atomic E-state index is 0.0552. The van der Waals surface area contributed by atoms with Crippen LogP contribution in [0.25, 0.3) is 21.7 Å². The molecule has 2 aromatic carbocycles. The van der Waals surface area contributed by atoms with Crippen molar-refractivity contribution < 1.29 is 4.79 Å². The van der Waals surface area contributed by atoms with Gasteiger partial charge in [-0.1, -0.05) is 36.4 Å². The summed E-state index contributed by atoms with van der Waals surface area (Å²) in [5.41, 5.74) is 2.08. The van der Waals surface area contributed by atoms with E-state index in [1.54, 1.807) is 0 Å². The molecule has 0 saturated carbocycles. The number of hydrogen-bond acceptors (Lipinski definition) is 2. The second kappa shape index (κ2) is 3.79. The van der Waals surface area contributed by atoms with Gasteiger partial charge in [-0.2, -0.15) is 0 Å². The van der Waals surface area contributed by atoms with Crippen molar-refractivity contribution in [3.8, 4) is 0 Å². The molecule has 2 heterocycles. The van der Waals surface area contributed by atoms with Gasteiger partial charge in [-0.25, -0.2) is 4.98 Å². The van der Waals surface area contributed by atoms with Gasteiger partial charge in [0.25, 0.3) is 0 Å². The van der Waals surface area contributed by atoms with E-state index in [0.29, 0.717) is 6.42 Å². The lowest BCUT2D eigenvalue weighted by atomic mass is 10.0. The van der Waals surface area contributed by atoms with Crippen LogP contribution in [-0.4, -0.2) is 10.9 Å². The van der Waals surface area contributed by atoms with Crippen LogP contribution >= 0.6 is 0 Å². The van der Waals surface area contributed by atoms with E-state index in [2.05, 4.69) is 40.6 Å². The number of carbonyl (C=O) groups is 1. The van der Waals surface area contributed by atoms with Gasteiger partial charge in [0.05, 0.1) is 5.52 Å². The van der Waals surface area contributed by atoms with Crippen molar-refractivity contribution in [1.82, 2.24) is 4.98 Å². The lowest BCUT2D eigenvalue weighted by molar-refractivity contribution is -0.116. The highest BCUT2D eigenvalue weighted by atomic mass is 16.1. The number of benzene rings is 2. The van der Waals surface area contributed by atoms with Gasteiger partial charge >= 0.3 is 0 Å². The average molecular weight is 248 g/mol. The third kappa shape index (κ3) is 1.58. The summed E-state index contributed by atoms with van der Waals surface area (Å²) in [6.45, 7) is 0. The molecule has 3 nitrogen and oxygen atoms in total. The molecule has 0 atom stereocenters. The molecule has 1 aliphatic heterocycles. The topological polar surface area (TPSA) is 42.0 Å². The number of pyridine rings is 1. The number of nitrogens with zero attached hydrogens (tertiary/aromatic N) is 1. The van der Waals surface area contributed by atoms with E-state index in [-0.39, 0.29) is 5.91 Å². The van der Waals surface area contributed by atoms with E-state index in [1.807, 2.05) is 12.1 Å². The van der Waals surface area contributed by atoms with Crippen LogP contribution in [-0.2, 0) is 11.2 Å². The summed E-state index contributed by atoms with van der Waals surface area (Å²) >= 11 is 0. The third-order valence-electron chi connectivity index (χ3n) is 3.67. The molecule has 1 N–H and O–H groups in total. The molecule has 19 heavy (non-hydrogen) atoms. The Balaban J connectivity index is 2.08. The number of carbonyl (C=O) groups excluding carboxylic acids is 1. The molecule has 1 aliphatic rings. The summed E-state index contributed by atoms with van der Waals surface area (Å²) < 4.78 is 0. The van der Waals surface area contributed by atoms with Gasteiger partial charge in [-0.15, -0.1) is 0 Å². The van der Waals surface area contributed by atoms with Gasteiger partial charge in [0.15, 0.2) is 0 Å². The fourth-order valence-electron chi connectivity index (χ4n) is 2.69. The van der Waals surface area contributed by atoms with Gasteiger partial charge in [-0.05, 0) is 23.4 Å². The Labute approximate surface area is 110 Å². The molecular weight excluding hydrogens is 236 g/mol. The van der Waals surface area contributed by atoms with E-state index in [4.69, 9.17) is 0 Å². The van der Waals surface area contributed by atoms with Crippen molar-refractivity contribution in [2.75, 3.05) is 5.32 Å². The average Bonchev–Trinajstić information content (AvgIpc) is 2.45. The monoisotopic (exact) mass is 248 g/mol. The summed E-state index contributed by atoms with van der Waals surface area (Å²) in [4.78, 5) is 16.1. The molecule has 0 fully saturated rings. The number of nitrogens with one attached hydrogen (secondary N) is 1. The highest BCUT2D eigenvalue weighted by Crippen LogP contribution is 2.29. The zero-order valence-electron chi connectivity index (χ0n) is 10.3. The normalized spacial score (nSPS) is 14.4. The standard InChI is InChI=1S/C16H12N2O/c19-14-8-7-12-9-11-6-5-10-3-1-2-4-13(10)15(11)18-16(12)17-14/h1-6,9H,7-8H2,(H,17,18,19). The van der Waals surface area contributed by atoms with E-state index in [1.165, 1.54) is 5.39 Å². The lowest BCUT2D eigenvalue weighted by Gasteiger charge is -2.16. The van der Waals surface area contributed by atoms with Crippen molar-refractivity contribution in [1.29, 1.82) is 0 Å². The summed E-state index contributed by atoms with van der Waals surface area (Å²) in [6, 6.07) is 14.5. The number of anilines is 1. The fraction of sp³-hybridized carbons (Fsp3) is 0.125. The summed E-state index contributed by atoms with van der Waals surface area (Å²) in [7, 11) is 0. The largest absolute Gasteiger partial charge is 0.310 e. The minimum Gasteiger partial charge on any atom is -0.310 e. The Bertz CT molecular complexity index is 823. The molecule has 1 aromatic heterocycles. The number of amides is 1. The number of fused-ring (bicyclic) bond motifs is 4. The first-order valence-electron chi connectivity index (χ1n) is 6.42. The van der Waals surface area contributed by atoms with Crippen LogP contribution in [0.3, 0.4) is 0 Å². The van der Waals surface area contributed by atoms with E-state index < -0.39 is 0 Å². The van der Waals surface area contributed by atoms with Gasteiger partial charge < -0.3 is 5.32 Å². The zero-order chi connectivity index (χ0) is 12.8. The number of hydrogen-bond donors (Lipinski definition) is 1. The number of aryl methyl sites for hydroxylation is 1. The van der Waals surface area contributed by atoms with E-state index >= 15 is 0 Å². The highest BCUT2D eigenvalue weighted by Gasteiger charge is 2.17. The van der Waals surface area contributed by atoms with E-state index in [9.17, 15) is 4.79 Å². The first kappa shape index (κ1) is 10.5. The van der Waals surface area contributed by atoms with E-state index in [0.717, 1.165) is 34.1 Å². The number of aromatic nitrogens is 1. The smallest absolute Gasteiger partial charge is 0.225 e. The predicted molar refractivity (Wildman–Crippen MR) is 76.2 cm³/mol. The molecule has 3 heteroatoms. The molecule has 0 radical (unpaired) electrons. The quantitative estimate of drug-likeness (QED) is 0.620. The fourth-order valence-corrected chi connectivity index (χ4v) is 2.69. The molecular formula is C16H12N2O. The second-order valence-electron chi connectivity index (χ2n) is 4.90. The van der Waals surface area contributed by atoms with Crippen LogP contribution in [0.5, 0.6) is 0 Å². The molecule has 92 valence electrons. The summed E-state index contributed by atoms with van der Waals surface area (Å²) in [5.74, 6) is 0.777. The minimum absolute atomic E-state index is 0.0552. The van der Waals surface area contributed by atoms with Crippen LogP contribution in [0.4, 0.5) is 5.82 Å². The summed E-state index contributed by atoms with van der Waals surface area (Å²) in [6.07, 6.45) is 1.32. The van der Waals surface area contributed by atoms with Crippen LogP contribution in [0, 0.1) is 0 Å². The third-order valence-corrected chi connectivity index (χ3v) is 3.67. The maximum atomic E-state index is 11.5. The Morgan fingerprint density at radius 1 is 1.00 bits per heavy atom. The van der Waals surface area contributed by atoms with Crippen molar-refractivity contribution in [2.45, 2.75) is 12.8 Å². The predicted octanol–water partition coefficient (Wildman–Crippen LogP) is 3.27. The SMILES string of the molecule is O=C1CCc2cc3ccc4ccccc4c3nc2N1. The van der Waals surface area contributed by atoms with Gasteiger partial charge in [0.1, 0.15) is 5.82 Å². The molecule has 1 amide bonds. The maximum absolute atomic E-state index is 11.5. The van der Waals surface area contributed by atoms with Crippen LogP contribution < -0.4 is 5.32 Å². The first-order chi connectivity index (χ1) is 9.31. The number of rotatable bonds is 0. The maximum Gasteiger partial charge on any atom is 0.225 e. The molecule has 3 aromatic rings. The highest BCUT2D eigenvalue weighted by molar-refractivity contribution is 6.06. The van der Waals surface area contributed by atoms with Crippen molar-refractivity contribution in [2.24, 2.45) is 0 Å². The molecule has 0 saturated heterocycles.